The number of rotatable bonds is 6. The first-order valence-corrected chi connectivity index (χ1v) is 12.3. The fourth-order valence-electron chi connectivity index (χ4n) is 4.56. The summed E-state index contributed by atoms with van der Waals surface area (Å²) in [6, 6.07) is 10.3. The molecule has 2 aromatic carbocycles. The number of likely N-dealkylation sites (tertiary alicyclic amines) is 1. The molecular weight excluding hydrogens is 437 g/mol. The molecule has 0 radical (unpaired) electrons. The highest BCUT2D eigenvalue weighted by Crippen LogP contribution is 2.47. The zero-order valence-corrected chi connectivity index (χ0v) is 20.2. The van der Waals surface area contributed by atoms with E-state index in [-0.39, 0.29) is 5.41 Å². The second kappa shape index (κ2) is 9.20. The van der Waals surface area contributed by atoms with Crippen LogP contribution in [0.15, 0.2) is 35.2 Å². The van der Waals surface area contributed by atoms with Gasteiger partial charge in [-0.3, -0.25) is 0 Å². The van der Waals surface area contributed by atoms with Gasteiger partial charge >= 0.3 is 0 Å². The summed E-state index contributed by atoms with van der Waals surface area (Å²) in [5.74, 6) is 3.10. The summed E-state index contributed by atoms with van der Waals surface area (Å²) >= 11 is 14.6. The molecule has 2 heterocycles. The van der Waals surface area contributed by atoms with Crippen molar-refractivity contribution in [3.63, 3.8) is 0 Å². The van der Waals surface area contributed by atoms with Crippen LogP contribution in [0.25, 0.3) is 0 Å². The zero-order valence-electron chi connectivity index (χ0n) is 17.8. The topological polar surface area (TPSA) is 21.7 Å². The average molecular weight is 466 g/mol. The van der Waals surface area contributed by atoms with Gasteiger partial charge in [0.05, 0.1) is 18.7 Å². The number of hydrogen-bond acceptors (Lipinski definition) is 4. The lowest BCUT2D eigenvalue weighted by Crippen LogP contribution is -2.44. The van der Waals surface area contributed by atoms with E-state index in [4.69, 9.17) is 32.7 Å². The molecule has 2 aromatic rings. The summed E-state index contributed by atoms with van der Waals surface area (Å²) in [5, 5.41) is 1.25. The van der Waals surface area contributed by atoms with Crippen LogP contribution in [-0.2, 0) is 11.2 Å². The quantitative estimate of drug-likeness (QED) is 0.443. The van der Waals surface area contributed by atoms with Crippen LogP contribution in [-0.4, -0.2) is 38.3 Å². The van der Waals surface area contributed by atoms with Crippen molar-refractivity contribution in [1.82, 2.24) is 4.90 Å². The van der Waals surface area contributed by atoms with Crippen molar-refractivity contribution >= 4 is 35.0 Å². The lowest BCUT2D eigenvalue weighted by molar-refractivity contribution is 0.125. The predicted molar refractivity (Wildman–Crippen MR) is 127 cm³/mol. The Balaban J connectivity index is 1.45. The third-order valence-corrected chi connectivity index (χ3v) is 8.01. The highest BCUT2D eigenvalue weighted by molar-refractivity contribution is 7.98. The molecule has 0 aromatic heterocycles. The Labute approximate surface area is 194 Å². The van der Waals surface area contributed by atoms with Crippen molar-refractivity contribution in [3.8, 4) is 11.5 Å². The second-order valence-electron chi connectivity index (χ2n) is 8.75. The SMILES string of the molecule is COc1ccc(Cl)c(CSc2ccc3c(c2)OCC32CCN(CC(C)C)CC2)c1Cl. The van der Waals surface area contributed by atoms with Crippen molar-refractivity contribution < 1.29 is 9.47 Å². The molecule has 6 heteroatoms. The van der Waals surface area contributed by atoms with E-state index in [1.165, 1.54) is 24.9 Å². The number of hydrogen-bond donors (Lipinski definition) is 0. The first-order chi connectivity index (χ1) is 14.4. The molecule has 3 nitrogen and oxygen atoms in total. The van der Waals surface area contributed by atoms with Crippen molar-refractivity contribution in [2.45, 2.75) is 42.8 Å². The van der Waals surface area contributed by atoms with E-state index in [1.54, 1.807) is 24.9 Å². The van der Waals surface area contributed by atoms with E-state index in [2.05, 4.69) is 36.9 Å². The molecule has 0 atom stereocenters. The summed E-state index contributed by atoms with van der Waals surface area (Å²) in [5.41, 5.74) is 2.47. The number of thioether (sulfide) groups is 1. The predicted octanol–water partition coefficient (Wildman–Crippen LogP) is 6.68. The van der Waals surface area contributed by atoms with Gasteiger partial charge in [0.15, 0.2) is 0 Å². The minimum absolute atomic E-state index is 0.186. The van der Waals surface area contributed by atoms with Gasteiger partial charge in [0.1, 0.15) is 11.5 Å². The Kier molecular flexibility index (Phi) is 6.79. The molecule has 0 saturated carbocycles. The van der Waals surface area contributed by atoms with Gasteiger partial charge in [-0.05, 0) is 56.1 Å². The minimum atomic E-state index is 0.186. The number of piperidine rings is 1. The molecule has 0 bridgehead atoms. The first-order valence-electron chi connectivity index (χ1n) is 10.6. The van der Waals surface area contributed by atoms with E-state index in [1.807, 2.05) is 6.07 Å². The molecule has 0 unspecified atom stereocenters. The Bertz CT molecular complexity index is 910. The molecule has 4 rings (SSSR count). The second-order valence-corrected chi connectivity index (χ2v) is 10.6. The molecule has 1 saturated heterocycles. The summed E-state index contributed by atoms with van der Waals surface area (Å²) in [6.07, 6.45) is 2.35. The number of halogens is 2. The van der Waals surface area contributed by atoms with E-state index >= 15 is 0 Å². The number of fused-ring (bicyclic) bond motifs is 2. The van der Waals surface area contributed by atoms with Crippen molar-refractivity contribution in [1.29, 1.82) is 0 Å². The van der Waals surface area contributed by atoms with Crippen LogP contribution >= 0.6 is 35.0 Å². The van der Waals surface area contributed by atoms with E-state index in [9.17, 15) is 0 Å². The monoisotopic (exact) mass is 465 g/mol. The lowest BCUT2D eigenvalue weighted by atomic mass is 9.74. The Morgan fingerprint density at radius 2 is 1.93 bits per heavy atom. The van der Waals surface area contributed by atoms with Gasteiger partial charge in [-0.1, -0.05) is 43.1 Å². The van der Waals surface area contributed by atoms with Crippen molar-refractivity contribution in [3.05, 3.63) is 51.5 Å². The van der Waals surface area contributed by atoms with Crippen LogP contribution in [0.3, 0.4) is 0 Å². The van der Waals surface area contributed by atoms with E-state index < -0.39 is 0 Å². The molecule has 0 aliphatic carbocycles. The average Bonchev–Trinajstić information content (AvgIpc) is 3.07. The molecule has 2 aliphatic heterocycles. The summed E-state index contributed by atoms with van der Waals surface area (Å²) in [4.78, 5) is 3.76. The number of nitrogens with zero attached hydrogens (tertiary/aromatic N) is 1. The molecular formula is C24H29Cl2NO2S. The van der Waals surface area contributed by atoms with Gasteiger partial charge in [0.2, 0.25) is 0 Å². The van der Waals surface area contributed by atoms with Crippen LogP contribution in [0, 0.1) is 5.92 Å². The van der Waals surface area contributed by atoms with Gasteiger partial charge in [-0.15, -0.1) is 11.8 Å². The fraction of sp³-hybridized carbons (Fsp3) is 0.500. The smallest absolute Gasteiger partial charge is 0.137 e. The van der Waals surface area contributed by atoms with Gasteiger partial charge in [0.25, 0.3) is 0 Å². The minimum Gasteiger partial charge on any atom is -0.495 e. The normalized spacial score (nSPS) is 17.9. The highest BCUT2D eigenvalue weighted by atomic mass is 35.5. The highest BCUT2D eigenvalue weighted by Gasteiger charge is 2.43. The molecule has 162 valence electrons. The number of ether oxygens (including phenoxy) is 2. The van der Waals surface area contributed by atoms with Gasteiger partial charge < -0.3 is 14.4 Å². The van der Waals surface area contributed by atoms with Crippen molar-refractivity contribution in [2.75, 3.05) is 33.4 Å². The standard InChI is InChI=1S/C24H29Cl2NO2S/c1-16(2)13-27-10-8-24(9-11-27)15-29-22-12-17(4-5-19(22)24)30-14-18-20(25)6-7-21(28-3)23(18)26/h4-7,12,16H,8-11,13-15H2,1-3H3. The maximum absolute atomic E-state index is 6.46. The van der Waals surface area contributed by atoms with Crippen LogP contribution in [0.2, 0.25) is 10.0 Å². The van der Waals surface area contributed by atoms with Crippen LogP contribution in [0.4, 0.5) is 0 Å². The van der Waals surface area contributed by atoms with E-state index in [0.29, 0.717) is 21.5 Å². The largest absolute Gasteiger partial charge is 0.495 e. The lowest BCUT2D eigenvalue weighted by Gasteiger charge is -2.39. The fourth-order valence-corrected chi connectivity index (χ4v) is 6.26. The van der Waals surface area contributed by atoms with Crippen molar-refractivity contribution in [2.24, 2.45) is 5.92 Å². The summed E-state index contributed by atoms with van der Waals surface area (Å²) < 4.78 is 11.5. The molecule has 30 heavy (non-hydrogen) atoms. The van der Waals surface area contributed by atoms with E-state index in [0.717, 1.165) is 41.8 Å². The van der Waals surface area contributed by atoms with Gasteiger partial charge in [-0.2, -0.15) is 0 Å². The number of benzene rings is 2. The molecule has 0 N–H and O–H groups in total. The maximum atomic E-state index is 6.46. The summed E-state index contributed by atoms with van der Waals surface area (Å²) in [6.45, 7) is 8.90. The van der Waals surface area contributed by atoms with Crippen LogP contribution in [0.1, 0.15) is 37.8 Å². The van der Waals surface area contributed by atoms with Crippen LogP contribution < -0.4 is 9.47 Å². The third kappa shape index (κ3) is 4.43. The zero-order chi connectivity index (χ0) is 21.3. The van der Waals surface area contributed by atoms with Crippen LogP contribution in [0.5, 0.6) is 11.5 Å². The Morgan fingerprint density at radius 3 is 2.63 bits per heavy atom. The molecule has 1 spiro atoms. The Hall–Kier alpha value is -1.07. The Morgan fingerprint density at radius 1 is 1.17 bits per heavy atom. The third-order valence-electron chi connectivity index (χ3n) is 6.22. The molecule has 0 amide bonds. The molecule has 1 fully saturated rings. The van der Waals surface area contributed by atoms with Gasteiger partial charge in [0, 0.05) is 38.8 Å². The maximum Gasteiger partial charge on any atom is 0.137 e. The van der Waals surface area contributed by atoms with Gasteiger partial charge in [-0.25, -0.2) is 0 Å². The summed E-state index contributed by atoms with van der Waals surface area (Å²) in [7, 11) is 1.62. The number of methoxy groups -OCH3 is 1. The molecule has 2 aliphatic rings. The first kappa shape index (κ1) is 22.1.